The quantitative estimate of drug-likeness (QED) is 0.306. The van der Waals surface area contributed by atoms with Crippen LogP contribution in [0.2, 0.25) is 0 Å². The molecule has 1 saturated heterocycles. The third kappa shape index (κ3) is 6.45. The molecule has 2 aliphatic rings. The van der Waals surface area contributed by atoms with Gasteiger partial charge in [0.1, 0.15) is 10.7 Å². The van der Waals surface area contributed by atoms with Crippen LogP contribution in [0.4, 0.5) is 18.9 Å². The van der Waals surface area contributed by atoms with Gasteiger partial charge in [0, 0.05) is 60.3 Å². The highest BCUT2D eigenvalue weighted by Crippen LogP contribution is 2.42. The van der Waals surface area contributed by atoms with Crippen LogP contribution in [0.5, 0.6) is 0 Å². The molecule has 0 radical (unpaired) electrons. The molecule has 4 heterocycles. The molecule has 1 unspecified atom stereocenters. The minimum atomic E-state index is -4.54. The highest BCUT2D eigenvalue weighted by atomic mass is 32.1. The lowest BCUT2D eigenvalue weighted by atomic mass is 9.91. The number of pyridine rings is 1. The number of amides is 1. The molecule has 1 atom stereocenters. The van der Waals surface area contributed by atoms with E-state index in [1.54, 1.807) is 11.5 Å². The van der Waals surface area contributed by atoms with E-state index in [0.29, 0.717) is 60.0 Å². The number of aryl methyl sites for hydroxylation is 2. The van der Waals surface area contributed by atoms with Gasteiger partial charge in [-0.15, -0.1) is 11.3 Å². The lowest BCUT2D eigenvalue weighted by Gasteiger charge is -2.41. The Balaban J connectivity index is 1.67. The number of aromatic nitrogens is 2. The van der Waals surface area contributed by atoms with Gasteiger partial charge in [-0.05, 0) is 54.5 Å². The van der Waals surface area contributed by atoms with E-state index in [-0.39, 0.29) is 11.8 Å². The topological polar surface area (TPSA) is 81.6 Å². The maximum absolute atomic E-state index is 14.2. The molecule has 0 saturated carbocycles. The zero-order chi connectivity index (χ0) is 31.6. The Morgan fingerprint density at radius 2 is 1.80 bits per heavy atom. The number of hydrogen-bond donors (Lipinski definition) is 2. The van der Waals surface area contributed by atoms with Crippen LogP contribution >= 0.6 is 11.3 Å². The van der Waals surface area contributed by atoms with E-state index in [1.807, 2.05) is 15.9 Å². The van der Waals surface area contributed by atoms with Gasteiger partial charge in [-0.25, -0.2) is 4.98 Å². The molecular formula is C33H38F3N5O2S. The minimum Gasteiger partial charge on any atom is -0.369 e. The molecule has 2 aliphatic heterocycles. The van der Waals surface area contributed by atoms with Crippen LogP contribution in [-0.2, 0) is 23.8 Å². The molecule has 11 heteroatoms. The van der Waals surface area contributed by atoms with Crippen molar-refractivity contribution in [2.75, 3.05) is 31.1 Å². The SMILES string of the molecule is CCc1cccc(CC)c1N1C(CC(C)C)=C(C(=O)N2CCNCC2)C=C(c2nc(-c3ccc(C(F)(F)F)nc3)cs2)C1O. The van der Waals surface area contributed by atoms with Crippen LogP contribution in [0, 0.1) is 5.92 Å². The Bertz CT molecular complexity index is 1530. The molecule has 0 aliphatic carbocycles. The third-order valence-corrected chi connectivity index (χ3v) is 8.86. The number of carbonyl (C=O) groups excluding carboxylic acids is 1. The van der Waals surface area contributed by atoms with Crippen LogP contribution in [0.1, 0.15) is 55.9 Å². The molecular weight excluding hydrogens is 587 g/mol. The predicted molar refractivity (Wildman–Crippen MR) is 168 cm³/mol. The van der Waals surface area contributed by atoms with Crippen molar-refractivity contribution < 1.29 is 23.1 Å². The summed E-state index contributed by atoms with van der Waals surface area (Å²) >= 11 is 1.27. The summed E-state index contributed by atoms with van der Waals surface area (Å²) < 4.78 is 39.3. The molecule has 0 spiro atoms. The van der Waals surface area contributed by atoms with Gasteiger partial charge in [0.15, 0.2) is 6.23 Å². The van der Waals surface area contributed by atoms with E-state index in [0.717, 1.165) is 47.6 Å². The maximum atomic E-state index is 14.2. The monoisotopic (exact) mass is 625 g/mol. The number of benzene rings is 1. The highest BCUT2D eigenvalue weighted by Gasteiger charge is 2.38. The fourth-order valence-electron chi connectivity index (χ4n) is 5.75. The number of allylic oxidation sites excluding steroid dienone is 1. The van der Waals surface area contributed by atoms with Crippen LogP contribution in [0.3, 0.4) is 0 Å². The summed E-state index contributed by atoms with van der Waals surface area (Å²) in [5.41, 5.74) is 4.72. The lowest BCUT2D eigenvalue weighted by Crippen LogP contribution is -2.48. The van der Waals surface area contributed by atoms with Crippen molar-refractivity contribution in [3.05, 3.63) is 81.1 Å². The number of carbonyl (C=O) groups is 1. The van der Waals surface area contributed by atoms with E-state index in [1.165, 1.54) is 17.4 Å². The fraction of sp³-hybridized carbons (Fsp3) is 0.424. The standard InChI is InChI=1S/C33H38F3N5O2S/c1-5-21-8-7-9-22(6-2)29(21)41-27(16-20(3)4)24(31(42)40-14-12-37-13-15-40)17-25(32(41)43)30-39-26(19-44-30)23-10-11-28(38-18-23)33(34,35)36/h7-11,17-20,32,37,43H,5-6,12-16H2,1-4H3. The second-order valence-corrected chi connectivity index (χ2v) is 12.3. The largest absolute Gasteiger partial charge is 0.433 e. The number of aliphatic hydroxyl groups is 1. The van der Waals surface area contributed by atoms with E-state index in [2.05, 4.69) is 50.1 Å². The predicted octanol–water partition coefficient (Wildman–Crippen LogP) is 6.30. The third-order valence-electron chi connectivity index (χ3n) is 7.97. The number of nitrogens with one attached hydrogen (secondary N) is 1. The van der Waals surface area contributed by atoms with Gasteiger partial charge >= 0.3 is 6.18 Å². The number of nitrogens with zero attached hydrogens (tertiary/aromatic N) is 4. The van der Waals surface area contributed by atoms with Crippen molar-refractivity contribution in [1.29, 1.82) is 0 Å². The Morgan fingerprint density at radius 1 is 1.11 bits per heavy atom. The first-order valence-electron chi connectivity index (χ1n) is 15.1. The number of para-hydroxylation sites is 1. The Labute approximate surface area is 260 Å². The molecule has 2 N–H and O–H groups in total. The average Bonchev–Trinajstić information content (AvgIpc) is 3.51. The Hall–Kier alpha value is -3.54. The minimum absolute atomic E-state index is 0.0905. The number of rotatable bonds is 8. The maximum Gasteiger partial charge on any atom is 0.433 e. The van der Waals surface area contributed by atoms with Crippen LogP contribution in [-0.4, -0.2) is 58.3 Å². The molecule has 1 amide bonds. The Kier molecular flexibility index (Phi) is 9.57. The second kappa shape index (κ2) is 13.2. The zero-order valence-corrected chi connectivity index (χ0v) is 26.2. The molecule has 1 fully saturated rings. The van der Waals surface area contributed by atoms with Gasteiger partial charge in [-0.1, -0.05) is 45.9 Å². The fourth-order valence-corrected chi connectivity index (χ4v) is 6.62. The second-order valence-electron chi connectivity index (χ2n) is 11.4. The van der Waals surface area contributed by atoms with E-state index in [4.69, 9.17) is 4.98 Å². The number of thiazole rings is 1. The average molecular weight is 626 g/mol. The molecule has 1 aromatic carbocycles. The van der Waals surface area contributed by atoms with Crippen molar-refractivity contribution in [2.45, 2.75) is 59.4 Å². The van der Waals surface area contributed by atoms with Crippen molar-refractivity contribution in [3.63, 3.8) is 0 Å². The smallest absolute Gasteiger partial charge is 0.369 e. The Morgan fingerprint density at radius 3 is 2.36 bits per heavy atom. The van der Waals surface area contributed by atoms with Gasteiger partial charge in [0.25, 0.3) is 5.91 Å². The summed E-state index contributed by atoms with van der Waals surface area (Å²) in [6.07, 6.45) is -0.678. The van der Waals surface area contributed by atoms with E-state index in [9.17, 15) is 23.1 Å². The molecule has 5 rings (SSSR count). The molecule has 0 bridgehead atoms. The summed E-state index contributed by atoms with van der Waals surface area (Å²) in [7, 11) is 0. The van der Waals surface area contributed by atoms with Crippen molar-refractivity contribution >= 4 is 28.5 Å². The van der Waals surface area contributed by atoms with E-state index < -0.39 is 18.1 Å². The zero-order valence-electron chi connectivity index (χ0n) is 25.4. The molecule has 234 valence electrons. The van der Waals surface area contributed by atoms with E-state index >= 15 is 0 Å². The number of aliphatic hydroxyl groups excluding tert-OH is 1. The van der Waals surface area contributed by atoms with Crippen molar-refractivity contribution in [1.82, 2.24) is 20.2 Å². The number of hydrogen-bond acceptors (Lipinski definition) is 7. The molecule has 7 nitrogen and oxygen atoms in total. The van der Waals surface area contributed by atoms with Crippen molar-refractivity contribution in [3.8, 4) is 11.3 Å². The summed E-state index contributed by atoms with van der Waals surface area (Å²) in [4.78, 5) is 26.3. The molecule has 44 heavy (non-hydrogen) atoms. The van der Waals surface area contributed by atoms with Gasteiger partial charge in [-0.2, -0.15) is 13.2 Å². The lowest BCUT2D eigenvalue weighted by molar-refractivity contribution is -0.141. The summed E-state index contributed by atoms with van der Waals surface area (Å²) in [6, 6.07) is 8.42. The number of halogens is 3. The van der Waals surface area contributed by atoms with Crippen molar-refractivity contribution in [2.24, 2.45) is 5.92 Å². The first kappa shape index (κ1) is 31.9. The van der Waals surface area contributed by atoms with Crippen LogP contribution in [0.25, 0.3) is 16.8 Å². The number of anilines is 1. The van der Waals surface area contributed by atoms with Gasteiger partial charge in [0.05, 0.1) is 11.3 Å². The summed E-state index contributed by atoms with van der Waals surface area (Å²) in [5.74, 6) is 0.116. The highest BCUT2D eigenvalue weighted by molar-refractivity contribution is 7.11. The summed E-state index contributed by atoms with van der Waals surface area (Å²) in [6.45, 7) is 10.9. The van der Waals surface area contributed by atoms with Gasteiger partial charge in [0.2, 0.25) is 0 Å². The van der Waals surface area contributed by atoms with Gasteiger partial charge in [-0.3, -0.25) is 9.78 Å². The number of piperazine rings is 1. The van der Waals surface area contributed by atoms with Gasteiger partial charge < -0.3 is 20.2 Å². The van der Waals surface area contributed by atoms with Crippen LogP contribution in [0.15, 0.2) is 59.3 Å². The molecule has 2 aromatic heterocycles. The summed E-state index contributed by atoms with van der Waals surface area (Å²) in [5, 5.41) is 17.7. The molecule has 3 aromatic rings. The van der Waals surface area contributed by atoms with Crippen LogP contribution < -0.4 is 10.2 Å². The normalized spacial score (nSPS) is 17.8. The first-order valence-corrected chi connectivity index (χ1v) is 15.9. The number of alkyl halides is 3. The first-order chi connectivity index (χ1) is 21.0.